The van der Waals surface area contributed by atoms with Crippen molar-refractivity contribution in [1.82, 2.24) is 0 Å². The van der Waals surface area contributed by atoms with Crippen LogP contribution in [0.1, 0.15) is 21.9 Å². The van der Waals surface area contributed by atoms with Crippen LogP contribution >= 0.6 is 0 Å². The second-order valence-corrected chi connectivity index (χ2v) is 11.6. The second-order valence-electron chi connectivity index (χ2n) is 11.6. The summed E-state index contributed by atoms with van der Waals surface area (Å²) in [5.74, 6) is 0. The van der Waals surface area contributed by atoms with Gasteiger partial charge in [-0.15, -0.1) is 0 Å². The first-order valence-corrected chi connectivity index (χ1v) is 15.5. The molecule has 49 heavy (non-hydrogen) atoms. The molecule has 0 unspecified atom stereocenters. The third-order valence-corrected chi connectivity index (χ3v) is 8.92. The molecule has 228 valence electrons. The van der Waals surface area contributed by atoms with E-state index in [4.69, 9.17) is 23.6 Å². The zero-order chi connectivity index (χ0) is 46.2. The lowest BCUT2D eigenvalue weighted by molar-refractivity contribution is 0.669. The van der Waals surface area contributed by atoms with Gasteiger partial charge in [-0.1, -0.05) is 151 Å². The summed E-state index contributed by atoms with van der Waals surface area (Å²) in [5.41, 5.74) is 2.31. The Bertz CT molecular complexity index is 3680. The zero-order valence-corrected chi connectivity index (χ0v) is 25.5. The van der Waals surface area contributed by atoms with Crippen LogP contribution in [-0.2, 0) is 0 Å². The van der Waals surface area contributed by atoms with Crippen molar-refractivity contribution in [3.8, 4) is 44.5 Å². The molecular weight excluding hydrogens is 593 g/mol. The first-order valence-electron chi connectivity index (χ1n) is 23.5. The smallest absolute Gasteiger partial charge is 0.136 e. The van der Waals surface area contributed by atoms with E-state index < -0.39 is 90.2 Å². The van der Waals surface area contributed by atoms with E-state index in [0.29, 0.717) is 54.6 Å². The van der Waals surface area contributed by atoms with E-state index in [1.165, 1.54) is 0 Å². The summed E-state index contributed by atoms with van der Waals surface area (Å²) >= 11 is 0. The van der Waals surface area contributed by atoms with E-state index in [1.807, 2.05) is 48.5 Å². The summed E-state index contributed by atoms with van der Waals surface area (Å²) in [5, 5.41) is 3.22. The topological polar surface area (TPSA) is 13.1 Å². The molecule has 10 rings (SSSR count). The van der Waals surface area contributed by atoms with E-state index in [2.05, 4.69) is 0 Å². The number of benzene rings is 9. The third kappa shape index (κ3) is 4.40. The average molecular weight is 639 g/mol. The van der Waals surface area contributed by atoms with E-state index in [-0.39, 0.29) is 39.5 Å². The molecule has 0 saturated heterocycles. The highest BCUT2D eigenvalue weighted by Crippen LogP contribution is 2.48. The molecule has 0 aliphatic carbocycles. The number of hydrogen-bond acceptors (Lipinski definition) is 1. The minimum absolute atomic E-state index is 0.0349. The van der Waals surface area contributed by atoms with Crippen LogP contribution in [0.2, 0.25) is 0 Å². The molecule has 0 bridgehead atoms. The van der Waals surface area contributed by atoms with Gasteiger partial charge in [-0.2, -0.15) is 0 Å². The summed E-state index contributed by atoms with van der Waals surface area (Å²) in [6.45, 7) is 0. The monoisotopic (exact) mass is 638 g/mol. The molecule has 0 atom stereocenters. The van der Waals surface area contributed by atoms with Crippen molar-refractivity contribution in [2.24, 2.45) is 0 Å². The summed E-state index contributed by atoms with van der Waals surface area (Å²) in [6.07, 6.45) is 0. The fourth-order valence-electron chi connectivity index (χ4n) is 6.90. The quantitative estimate of drug-likeness (QED) is 0.175. The van der Waals surface area contributed by atoms with Gasteiger partial charge in [-0.05, 0) is 107 Å². The number of rotatable bonds is 4. The Balaban J connectivity index is 1.32. The number of fused-ring (bicyclic) bond motifs is 6. The highest BCUT2D eigenvalue weighted by Gasteiger charge is 2.21. The molecule has 0 saturated carbocycles. The van der Waals surface area contributed by atoms with Gasteiger partial charge in [-0.3, -0.25) is 0 Å². The highest BCUT2D eigenvalue weighted by molar-refractivity contribution is 6.26. The molecule has 0 fully saturated rings. The van der Waals surface area contributed by atoms with Crippen molar-refractivity contribution in [3.05, 3.63) is 182 Å². The van der Waals surface area contributed by atoms with E-state index >= 15 is 0 Å². The predicted octanol–water partition coefficient (Wildman–Crippen LogP) is 13.7. The average Bonchev–Trinajstić information content (AvgIpc) is 3.69. The SMILES string of the molecule is [2H]c1c([2H])c([2H])c(-c2ccc3c(c2)oc2cccc(-c4c5ccccc5c(-c5c([2H])c(-c6c([2H])c([2H])c([2H])c([2H])c6[2H])c6c([2H])c([2H])c([2H])c([2H])c6c5[2H])c5ccccc45)c23)c([2H])c1[2H]. The Morgan fingerprint density at radius 2 is 1.02 bits per heavy atom. The maximum Gasteiger partial charge on any atom is 0.136 e. The Morgan fingerprint density at radius 3 is 1.73 bits per heavy atom. The predicted molar refractivity (Wildman–Crippen MR) is 208 cm³/mol. The fraction of sp³-hybridized carbons (Fsp3) is 0. The van der Waals surface area contributed by atoms with Crippen LogP contribution in [0.3, 0.4) is 0 Å². The van der Waals surface area contributed by atoms with Gasteiger partial charge in [0.15, 0.2) is 0 Å². The van der Waals surface area contributed by atoms with E-state index in [1.54, 1.807) is 36.4 Å². The van der Waals surface area contributed by atoms with Crippen LogP contribution in [-0.4, -0.2) is 0 Å². The molecule has 0 radical (unpaired) electrons. The van der Waals surface area contributed by atoms with Crippen LogP contribution in [0.5, 0.6) is 0 Å². The van der Waals surface area contributed by atoms with E-state index in [0.717, 1.165) is 11.1 Å². The Morgan fingerprint density at radius 1 is 0.388 bits per heavy atom. The van der Waals surface area contributed by atoms with E-state index in [9.17, 15) is 2.74 Å². The molecule has 0 N–H and O–H groups in total. The van der Waals surface area contributed by atoms with Crippen LogP contribution in [0.4, 0.5) is 0 Å². The Hall–Kier alpha value is -6.44. The van der Waals surface area contributed by atoms with Crippen molar-refractivity contribution < 1.29 is 26.3 Å². The summed E-state index contributed by atoms with van der Waals surface area (Å²) < 4.78 is 146. The van der Waals surface area contributed by atoms with Gasteiger partial charge in [0.05, 0.1) is 21.9 Å². The lowest BCUT2D eigenvalue weighted by atomic mass is 9.83. The molecule has 1 heteroatoms. The highest BCUT2D eigenvalue weighted by atomic mass is 16.3. The van der Waals surface area contributed by atoms with Crippen LogP contribution in [0, 0.1) is 0 Å². The van der Waals surface area contributed by atoms with Crippen molar-refractivity contribution >= 4 is 54.3 Å². The third-order valence-electron chi connectivity index (χ3n) is 8.92. The van der Waals surface area contributed by atoms with Gasteiger partial charge in [0.25, 0.3) is 0 Å². The summed E-state index contributed by atoms with van der Waals surface area (Å²) in [4.78, 5) is 0. The number of furan rings is 1. The lowest BCUT2D eigenvalue weighted by Gasteiger charge is -2.19. The van der Waals surface area contributed by atoms with Crippen LogP contribution in [0.15, 0.2) is 186 Å². The Labute approximate surface area is 306 Å². The minimum Gasteiger partial charge on any atom is -0.456 e. The maximum absolute atomic E-state index is 9.93. The zero-order valence-electron chi connectivity index (χ0n) is 41.5. The second kappa shape index (κ2) is 11.1. The van der Waals surface area contributed by atoms with Crippen LogP contribution in [0.25, 0.3) is 98.8 Å². The van der Waals surface area contributed by atoms with Crippen LogP contribution < -0.4 is 0 Å². The Kier molecular flexibility index (Phi) is 3.64. The molecule has 9 aromatic carbocycles. The van der Waals surface area contributed by atoms with Crippen molar-refractivity contribution in [1.29, 1.82) is 0 Å². The largest absolute Gasteiger partial charge is 0.456 e. The molecule has 0 aliphatic heterocycles. The van der Waals surface area contributed by atoms with Gasteiger partial charge in [0.1, 0.15) is 11.2 Å². The molecule has 1 heterocycles. The summed E-state index contributed by atoms with van der Waals surface area (Å²) in [7, 11) is 0. The van der Waals surface area contributed by atoms with Crippen molar-refractivity contribution in [2.45, 2.75) is 0 Å². The van der Waals surface area contributed by atoms with Gasteiger partial charge < -0.3 is 4.42 Å². The first-order chi connectivity index (χ1) is 31.0. The minimum atomic E-state index is -0.697. The maximum atomic E-state index is 9.93. The van der Waals surface area contributed by atoms with Crippen molar-refractivity contribution in [3.63, 3.8) is 0 Å². The standard InChI is InChI=1S/C48H30O/c1-3-14-31(15-4-1)33-26-27-41-45(30-33)49-44-25-13-24-42(48(41)44)47-39-22-11-9-20-37(39)46(38-21-10-12-23-40(38)47)35-28-34-18-7-8-19-36(34)43(29-35)32-16-5-2-6-17-32/h1-30H/i1D,2D,3D,4D,5D,6D,7D,8D,14D,15D,16D,17D,18D,19D,28D,29D. The normalized spacial score (nSPS) is 16.2. The lowest BCUT2D eigenvalue weighted by Crippen LogP contribution is -1.92. The van der Waals surface area contributed by atoms with Gasteiger partial charge in [0.2, 0.25) is 0 Å². The molecule has 1 nitrogen and oxygen atoms in total. The molecular formula is C48H30O. The molecule has 0 aliphatic rings. The number of hydrogen-bond donors (Lipinski definition) is 0. The van der Waals surface area contributed by atoms with Gasteiger partial charge in [0, 0.05) is 10.8 Å². The first kappa shape index (κ1) is 16.1. The molecule has 0 amide bonds. The molecule has 1 aromatic heterocycles. The molecule has 0 spiro atoms. The fourth-order valence-corrected chi connectivity index (χ4v) is 6.90. The summed E-state index contributed by atoms with van der Waals surface area (Å²) in [6, 6.07) is 16.4. The van der Waals surface area contributed by atoms with Crippen molar-refractivity contribution in [2.75, 3.05) is 0 Å². The molecule has 10 aromatic rings. The van der Waals surface area contributed by atoms with Gasteiger partial charge >= 0.3 is 0 Å². The van der Waals surface area contributed by atoms with Gasteiger partial charge in [-0.25, -0.2) is 0 Å².